The van der Waals surface area contributed by atoms with Gasteiger partial charge in [0.25, 0.3) is 0 Å². The molecular formula is C14H17NO2S. The van der Waals surface area contributed by atoms with E-state index in [2.05, 4.69) is 11.9 Å². The first-order valence-electron chi connectivity index (χ1n) is 6.11. The van der Waals surface area contributed by atoms with Crippen LogP contribution in [0.5, 0.6) is 5.75 Å². The van der Waals surface area contributed by atoms with Gasteiger partial charge in [0.2, 0.25) is 0 Å². The van der Waals surface area contributed by atoms with Crippen LogP contribution in [-0.2, 0) is 13.0 Å². The van der Waals surface area contributed by atoms with Crippen LogP contribution in [0.15, 0.2) is 24.3 Å². The van der Waals surface area contributed by atoms with Crippen molar-refractivity contribution < 1.29 is 9.84 Å². The molecule has 0 bridgehead atoms. The maximum Gasteiger partial charge on any atom is 0.123 e. The van der Waals surface area contributed by atoms with Crippen molar-refractivity contribution >= 4 is 11.3 Å². The lowest BCUT2D eigenvalue weighted by Gasteiger charge is -2.02. The highest BCUT2D eigenvalue weighted by atomic mass is 32.1. The van der Waals surface area contributed by atoms with Crippen molar-refractivity contribution in [3.8, 4) is 16.3 Å². The number of ether oxygens (including phenoxy) is 1. The fourth-order valence-electron chi connectivity index (χ4n) is 1.77. The first kappa shape index (κ1) is 13.1. The summed E-state index contributed by atoms with van der Waals surface area (Å²) in [6.07, 6.45) is 0.907. The van der Waals surface area contributed by atoms with Crippen molar-refractivity contribution in [1.29, 1.82) is 0 Å². The molecule has 0 aliphatic rings. The Hall–Kier alpha value is -1.39. The molecule has 4 heteroatoms. The van der Waals surface area contributed by atoms with Crippen LogP contribution in [0.25, 0.3) is 10.6 Å². The molecule has 0 aliphatic carbocycles. The number of thiazole rings is 1. The summed E-state index contributed by atoms with van der Waals surface area (Å²) < 4.78 is 5.41. The van der Waals surface area contributed by atoms with Gasteiger partial charge in [-0.3, -0.25) is 0 Å². The van der Waals surface area contributed by atoms with E-state index < -0.39 is 0 Å². The van der Waals surface area contributed by atoms with Gasteiger partial charge in [0.05, 0.1) is 18.9 Å². The van der Waals surface area contributed by atoms with E-state index in [0.29, 0.717) is 6.61 Å². The molecule has 0 amide bonds. The first-order chi connectivity index (χ1) is 8.78. The Morgan fingerprint density at radius 2 is 1.94 bits per heavy atom. The number of aryl methyl sites for hydroxylation is 1. The molecule has 3 nitrogen and oxygen atoms in total. The van der Waals surface area contributed by atoms with Crippen LogP contribution in [-0.4, -0.2) is 16.7 Å². The maximum atomic E-state index is 9.25. The van der Waals surface area contributed by atoms with Crippen LogP contribution in [0.1, 0.15) is 24.4 Å². The normalized spacial score (nSPS) is 10.6. The van der Waals surface area contributed by atoms with Gasteiger partial charge in [-0.05, 0) is 37.6 Å². The molecule has 0 aliphatic heterocycles. The zero-order valence-corrected chi connectivity index (χ0v) is 11.5. The number of aromatic nitrogens is 1. The predicted molar refractivity (Wildman–Crippen MR) is 74.0 cm³/mol. The topological polar surface area (TPSA) is 42.4 Å². The molecule has 0 atom stereocenters. The molecule has 2 aromatic rings. The SMILES string of the molecule is CCOc1ccc(-c2nc(CO)c(CC)s2)cc1. The molecule has 0 saturated heterocycles. The third-order valence-corrected chi connectivity index (χ3v) is 3.95. The Labute approximate surface area is 111 Å². The maximum absolute atomic E-state index is 9.25. The van der Waals surface area contributed by atoms with Gasteiger partial charge in [0, 0.05) is 10.4 Å². The standard InChI is InChI=1S/C14H17NO2S/c1-3-13-12(9-16)15-14(18-13)10-5-7-11(8-6-10)17-4-2/h5-8,16H,3-4,9H2,1-2H3. The predicted octanol–water partition coefficient (Wildman–Crippen LogP) is 3.26. The molecule has 1 aromatic heterocycles. The fraction of sp³-hybridized carbons (Fsp3) is 0.357. The van der Waals surface area contributed by atoms with E-state index in [9.17, 15) is 5.11 Å². The van der Waals surface area contributed by atoms with Gasteiger partial charge in [0.1, 0.15) is 10.8 Å². The van der Waals surface area contributed by atoms with Gasteiger partial charge in [-0.25, -0.2) is 4.98 Å². The summed E-state index contributed by atoms with van der Waals surface area (Å²) in [6.45, 7) is 4.73. The minimum absolute atomic E-state index is 0.0106. The van der Waals surface area contributed by atoms with E-state index in [0.717, 1.165) is 33.3 Å². The zero-order chi connectivity index (χ0) is 13.0. The second kappa shape index (κ2) is 5.98. The molecule has 0 fully saturated rings. The van der Waals surface area contributed by atoms with Crippen LogP contribution in [0.4, 0.5) is 0 Å². The fourth-order valence-corrected chi connectivity index (χ4v) is 2.78. The molecular weight excluding hydrogens is 246 g/mol. The lowest BCUT2D eigenvalue weighted by Crippen LogP contribution is -1.90. The average Bonchev–Trinajstić information content (AvgIpc) is 2.83. The van der Waals surface area contributed by atoms with E-state index in [-0.39, 0.29) is 6.61 Å². The molecule has 2 rings (SSSR count). The Balaban J connectivity index is 2.27. The molecule has 1 N–H and O–H groups in total. The van der Waals surface area contributed by atoms with Gasteiger partial charge in [-0.1, -0.05) is 6.92 Å². The highest BCUT2D eigenvalue weighted by Crippen LogP contribution is 2.29. The van der Waals surface area contributed by atoms with Crippen LogP contribution in [0, 0.1) is 0 Å². The number of hydrogen-bond donors (Lipinski definition) is 1. The number of nitrogens with zero attached hydrogens (tertiary/aromatic N) is 1. The molecule has 1 heterocycles. The van der Waals surface area contributed by atoms with Crippen molar-refractivity contribution in [1.82, 2.24) is 4.98 Å². The number of aliphatic hydroxyl groups is 1. The summed E-state index contributed by atoms with van der Waals surface area (Å²) in [7, 11) is 0. The van der Waals surface area contributed by atoms with E-state index in [1.54, 1.807) is 11.3 Å². The second-order valence-electron chi connectivity index (χ2n) is 3.86. The van der Waals surface area contributed by atoms with Crippen LogP contribution in [0.3, 0.4) is 0 Å². The van der Waals surface area contributed by atoms with Gasteiger partial charge >= 0.3 is 0 Å². The highest BCUT2D eigenvalue weighted by Gasteiger charge is 2.10. The van der Waals surface area contributed by atoms with Crippen LogP contribution < -0.4 is 4.74 Å². The first-order valence-corrected chi connectivity index (χ1v) is 6.92. The largest absolute Gasteiger partial charge is 0.494 e. The Kier molecular flexibility index (Phi) is 4.33. The molecule has 1 aromatic carbocycles. The summed E-state index contributed by atoms with van der Waals surface area (Å²) in [4.78, 5) is 5.63. The quantitative estimate of drug-likeness (QED) is 0.900. The molecule has 0 radical (unpaired) electrons. The lowest BCUT2D eigenvalue weighted by atomic mass is 10.2. The van der Waals surface area contributed by atoms with Crippen LogP contribution >= 0.6 is 11.3 Å². The summed E-state index contributed by atoms with van der Waals surface area (Å²) in [5.74, 6) is 0.871. The molecule has 0 spiro atoms. The average molecular weight is 263 g/mol. The Morgan fingerprint density at radius 3 is 2.44 bits per heavy atom. The minimum atomic E-state index is 0.0106. The van der Waals surface area contributed by atoms with E-state index in [1.807, 2.05) is 31.2 Å². The number of benzene rings is 1. The third kappa shape index (κ3) is 2.71. The van der Waals surface area contributed by atoms with E-state index in [1.165, 1.54) is 0 Å². The van der Waals surface area contributed by atoms with Gasteiger partial charge < -0.3 is 9.84 Å². The second-order valence-corrected chi connectivity index (χ2v) is 4.94. The highest BCUT2D eigenvalue weighted by molar-refractivity contribution is 7.15. The van der Waals surface area contributed by atoms with Gasteiger partial charge in [0.15, 0.2) is 0 Å². The molecule has 96 valence electrons. The van der Waals surface area contributed by atoms with Crippen molar-refractivity contribution in [2.45, 2.75) is 26.9 Å². The van der Waals surface area contributed by atoms with E-state index >= 15 is 0 Å². The molecule has 18 heavy (non-hydrogen) atoms. The minimum Gasteiger partial charge on any atom is -0.494 e. The monoisotopic (exact) mass is 263 g/mol. The van der Waals surface area contributed by atoms with Gasteiger partial charge in [-0.2, -0.15) is 0 Å². The smallest absolute Gasteiger partial charge is 0.123 e. The van der Waals surface area contributed by atoms with Crippen molar-refractivity contribution in [2.75, 3.05) is 6.61 Å². The number of hydrogen-bond acceptors (Lipinski definition) is 4. The van der Waals surface area contributed by atoms with Crippen LogP contribution in [0.2, 0.25) is 0 Å². The van der Waals surface area contributed by atoms with Crippen molar-refractivity contribution in [2.24, 2.45) is 0 Å². The Bertz CT molecular complexity index is 484. The lowest BCUT2D eigenvalue weighted by molar-refractivity contribution is 0.276. The molecule has 0 saturated carbocycles. The van der Waals surface area contributed by atoms with E-state index in [4.69, 9.17) is 4.74 Å². The van der Waals surface area contributed by atoms with Crippen molar-refractivity contribution in [3.63, 3.8) is 0 Å². The summed E-state index contributed by atoms with van der Waals surface area (Å²) >= 11 is 1.64. The third-order valence-electron chi connectivity index (χ3n) is 2.66. The molecule has 0 unspecified atom stereocenters. The number of rotatable bonds is 5. The summed E-state index contributed by atoms with van der Waals surface area (Å²) in [5, 5.41) is 10.2. The van der Waals surface area contributed by atoms with Gasteiger partial charge in [-0.15, -0.1) is 11.3 Å². The summed E-state index contributed by atoms with van der Waals surface area (Å²) in [5.41, 5.74) is 1.87. The Morgan fingerprint density at radius 1 is 1.22 bits per heavy atom. The van der Waals surface area contributed by atoms with Crippen molar-refractivity contribution in [3.05, 3.63) is 34.8 Å². The zero-order valence-electron chi connectivity index (χ0n) is 10.6. The summed E-state index contributed by atoms with van der Waals surface area (Å²) in [6, 6.07) is 7.91. The number of aliphatic hydroxyl groups excluding tert-OH is 1.